The first-order valence-corrected chi connectivity index (χ1v) is 12.5. The fourth-order valence-electron chi connectivity index (χ4n) is 5.79. The number of nitrogens with one attached hydrogen (secondary N) is 1. The second-order valence-corrected chi connectivity index (χ2v) is 9.62. The first kappa shape index (κ1) is 21.7. The summed E-state index contributed by atoms with van der Waals surface area (Å²) < 4.78 is 0. The Bertz CT molecular complexity index is 1360. The molecule has 0 saturated carbocycles. The lowest BCUT2D eigenvalue weighted by Crippen LogP contribution is -2.63. The number of aromatic nitrogens is 1. The standard InChI is InChI=1S/C30H29N3O2/c34-28-20-32(18-17-22-11-5-2-6-12-22)30(35)27-19-24-23-13-7-8-14-25(23)31-29(24)26(33(27)28)16-15-21-9-3-1-4-10-21/h1-14,26-27,31H,15-20H2/t26?,27-/m1/s1. The molecule has 176 valence electrons. The van der Waals surface area contributed by atoms with Crippen molar-refractivity contribution in [2.45, 2.75) is 37.8 Å². The van der Waals surface area contributed by atoms with E-state index in [0.29, 0.717) is 13.0 Å². The van der Waals surface area contributed by atoms with Crippen LogP contribution in [0.1, 0.15) is 34.8 Å². The van der Waals surface area contributed by atoms with Gasteiger partial charge in [0, 0.05) is 29.6 Å². The molecule has 3 aromatic carbocycles. The molecule has 0 bridgehead atoms. The molecule has 3 heterocycles. The predicted octanol–water partition coefficient (Wildman–Crippen LogP) is 4.68. The van der Waals surface area contributed by atoms with Crippen molar-refractivity contribution < 1.29 is 9.59 Å². The molecule has 1 fully saturated rings. The number of aromatic amines is 1. The predicted molar refractivity (Wildman–Crippen MR) is 137 cm³/mol. The number of fused-ring (bicyclic) bond motifs is 4. The van der Waals surface area contributed by atoms with Crippen LogP contribution in [-0.2, 0) is 28.9 Å². The van der Waals surface area contributed by atoms with Crippen LogP contribution in [0.15, 0.2) is 84.9 Å². The molecular weight excluding hydrogens is 434 g/mol. The van der Waals surface area contributed by atoms with E-state index >= 15 is 0 Å². The summed E-state index contributed by atoms with van der Waals surface area (Å²) in [5, 5.41) is 1.16. The molecule has 2 aliphatic rings. The molecule has 2 aliphatic heterocycles. The number of carbonyl (C=O) groups excluding carboxylic acids is 2. The molecule has 2 amide bonds. The molecule has 4 aromatic rings. The van der Waals surface area contributed by atoms with E-state index in [-0.39, 0.29) is 24.4 Å². The van der Waals surface area contributed by atoms with E-state index in [9.17, 15) is 9.59 Å². The number of rotatable bonds is 6. The number of nitrogens with zero attached hydrogens (tertiary/aromatic N) is 2. The average Bonchev–Trinajstić information content (AvgIpc) is 3.28. The lowest BCUT2D eigenvalue weighted by Gasteiger charge is -2.47. The summed E-state index contributed by atoms with van der Waals surface area (Å²) in [6, 6.07) is 28.2. The highest BCUT2D eigenvalue weighted by atomic mass is 16.2. The van der Waals surface area contributed by atoms with Gasteiger partial charge in [-0.2, -0.15) is 0 Å². The van der Waals surface area contributed by atoms with Gasteiger partial charge in [0.1, 0.15) is 6.04 Å². The summed E-state index contributed by atoms with van der Waals surface area (Å²) in [5.41, 5.74) is 5.78. The molecule has 0 radical (unpaired) electrons. The van der Waals surface area contributed by atoms with Crippen molar-refractivity contribution in [2.24, 2.45) is 0 Å². The first-order chi connectivity index (χ1) is 17.2. The van der Waals surface area contributed by atoms with Gasteiger partial charge < -0.3 is 14.8 Å². The van der Waals surface area contributed by atoms with Crippen LogP contribution >= 0.6 is 0 Å². The number of hydrogen-bond donors (Lipinski definition) is 1. The number of carbonyl (C=O) groups is 2. The van der Waals surface area contributed by atoms with Gasteiger partial charge in [-0.3, -0.25) is 9.59 Å². The molecule has 1 aromatic heterocycles. The zero-order valence-corrected chi connectivity index (χ0v) is 19.7. The van der Waals surface area contributed by atoms with Crippen LogP contribution in [0.4, 0.5) is 0 Å². The summed E-state index contributed by atoms with van der Waals surface area (Å²) in [4.78, 5) is 34.6. The van der Waals surface area contributed by atoms with Crippen molar-refractivity contribution in [1.82, 2.24) is 14.8 Å². The third kappa shape index (κ3) is 4.01. The number of hydrogen-bond acceptors (Lipinski definition) is 2. The number of benzene rings is 3. The van der Waals surface area contributed by atoms with E-state index in [0.717, 1.165) is 35.9 Å². The van der Waals surface area contributed by atoms with Crippen LogP contribution in [-0.4, -0.2) is 45.7 Å². The zero-order chi connectivity index (χ0) is 23.8. The second kappa shape index (κ2) is 9.06. The van der Waals surface area contributed by atoms with Crippen molar-refractivity contribution in [2.75, 3.05) is 13.1 Å². The molecular formula is C30H29N3O2. The fraction of sp³-hybridized carbons (Fsp3) is 0.267. The maximum absolute atomic E-state index is 13.7. The van der Waals surface area contributed by atoms with Crippen molar-refractivity contribution in [1.29, 1.82) is 0 Å². The number of para-hydroxylation sites is 1. The smallest absolute Gasteiger partial charge is 0.246 e. The zero-order valence-electron chi connectivity index (χ0n) is 19.7. The van der Waals surface area contributed by atoms with E-state index in [1.807, 2.05) is 53.4 Å². The molecule has 0 aliphatic carbocycles. The van der Waals surface area contributed by atoms with Crippen LogP contribution in [0.5, 0.6) is 0 Å². The van der Waals surface area contributed by atoms with E-state index in [1.54, 1.807) is 4.90 Å². The Balaban J connectivity index is 1.32. The third-order valence-electron chi connectivity index (χ3n) is 7.52. The molecule has 6 rings (SSSR count). The number of amides is 2. The average molecular weight is 464 g/mol. The summed E-state index contributed by atoms with van der Waals surface area (Å²) >= 11 is 0. The van der Waals surface area contributed by atoms with Gasteiger partial charge in [-0.25, -0.2) is 0 Å². The summed E-state index contributed by atoms with van der Waals surface area (Å²) in [5.74, 6) is 0.117. The van der Waals surface area contributed by atoms with Crippen LogP contribution in [0.25, 0.3) is 10.9 Å². The maximum atomic E-state index is 13.7. The van der Waals surface area contributed by atoms with Crippen molar-refractivity contribution in [3.63, 3.8) is 0 Å². The summed E-state index contributed by atoms with van der Waals surface area (Å²) in [7, 11) is 0. The van der Waals surface area contributed by atoms with Crippen LogP contribution in [0, 0.1) is 0 Å². The number of aryl methyl sites for hydroxylation is 1. The lowest BCUT2D eigenvalue weighted by atomic mass is 9.86. The van der Waals surface area contributed by atoms with Crippen molar-refractivity contribution in [3.05, 3.63) is 107 Å². The molecule has 35 heavy (non-hydrogen) atoms. The molecule has 5 nitrogen and oxygen atoms in total. The Hall–Kier alpha value is -3.86. The SMILES string of the molecule is O=C1[C@H]2Cc3c([nH]c4ccccc34)C(CCc3ccccc3)N2C(=O)CN1CCc1ccccc1. The Morgan fingerprint density at radius 3 is 2.20 bits per heavy atom. The van der Waals surface area contributed by atoms with E-state index in [2.05, 4.69) is 41.4 Å². The monoisotopic (exact) mass is 463 g/mol. The minimum atomic E-state index is -0.445. The fourth-order valence-corrected chi connectivity index (χ4v) is 5.79. The Morgan fingerprint density at radius 1 is 0.800 bits per heavy atom. The van der Waals surface area contributed by atoms with Crippen molar-refractivity contribution >= 4 is 22.7 Å². The Morgan fingerprint density at radius 2 is 1.46 bits per heavy atom. The summed E-state index contributed by atoms with van der Waals surface area (Å²) in [6.07, 6.45) is 2.95. The maximum Gasteiger partial charge on any atom is 0.246 e. The molecule has 1 N–H and O–H groups in total. The highest BCUT2D eigenvalue weighted by Crippen LogP contribution is 2.41. The second-order valence-electron chi connectivity index (χ2n) is 9.62. The third-order valence-corrected chi connectivity index (χ3v) is 7.52. The Labute approximate surface area is 205 Å². The van der Waals surface area contributed by atoms with E-state index in [1.165, 1.54) is 16.7 Å². The number of piperazine rings is 1. The van der Waals surface area contributed by atoms with Crippen molar-refractivity contribution in [3.8, 4) is 0 Å². The van der Waals surface area contributed by atoms with Gasteiger partial charge in [-0.1, -0.05) is 78.9 Å². The van der Waals surface area contributed by atoms with Crippen LogP contribution in [0.3, 0.4) is 0 Å². The quantitative estimate of drug-likeness (QED) is 0.451. The van der Waals surface area contributed by atoms with Crippen LogP contribution in [0.2, 0.25) is 0 Å². The van der Waals surface area contributed by atoms with Gasteiger partial charge in [0.05, 0.1) is 12.6 Å². The molecule has 5 heteroatoms. The van der Waals surface area contributed by atoms with Gasteiger partial charge in [-0.05, 0) is 42.0 Å². The molecule has 0 spiro atoms. The first-order valence-electron chi connectivity index (χ1n) is 12.5. The topological polar surface area (TPSA) is 56.4 Å². The van der Waals surface area contributed by atoms with Gasteiger partial charge in [-0.15, -0.1) is 0 Å². The highest BCUT2D eigenvalue weighted by Gasteiger charge is 2.47. The highest BCUT2D eigenvalue weighted by molar-refractivity contribution is 5.97. The molecule has 2 atom stereocenters. The van der Waals surface area contributed by atoms with Gasteiger partial charge in [0.15, 0.2) is 0 Å². The lowest BCUT2D eigenvalue weighted by molar-refractivity contribution is -0.159. The van der Waals surface area contributed by atoms with Gasteiger partial charge >= 0.3 is 0 Å². The Kier molecular flexibility index (Phi) is 5.61. The van der Waals surface area contributed by atoms with Gasteiger partial charge in [0.2, 0.25) is 11.8 Å². The minimum absolute atomic E-state index is 0.0463. The molecule has 1 saturated heterocycles. The minimum Gasteiger partial charge on any atom is -0.356 e. The van der Waals surface area contributed by atoms with E-state index < -0.39 is 6.04 Å². The molecule has 1 unspecified atom stereocenters. The van der Waals surface area contributed by atoms with E-state index in [4.69, 9.17) is 0 Å². The van der Waals surface area contributed by atoms with Crippen LogP contribution < -0.4 is 0 Å². The number of H-pyrrole nitrogens is 1. The summed E-state index contributed by atoms with van der Waals surface area (Å²) in [6.45, 7) is 0.716. The largest absolute Gasteiger partial charge is 0.356 e. The van der Waals surface area contributed by atoms with Gasteiger partial charge in [0.25, 0.3) is 0 Å². The normalized spacial score (nSPS) is 19.7.